The monoisotopic (exact) mass is 746 g/mol. The van der Waals surface area contributed by atoms with Crippen LogP contribution in [-0.2, 0) is 17.5 Å². The molecule has 280 valence electrons. The molecular weight excluding hydrogens is 701 g/mol. The standard InChI is InChI=1S/C42H46N4O7Si/c1-42(2,3)54(4,5)53-37(30-16-20-35(47)39-31(30)17-21-38(48)45-39)26-43-25-28-15-19-34-36(24-28)52-41(51)46(34)22-10-9-11-27-14-18-33(44-40(49)50)32(23-27)29-12-7-6-8-13-29/h6-9,11-21,23-24,37,43-44,47H,10,22,25-26H2,1-5H3,(H,45,48)(H,49,50)/b11-9+/t37-/m1/s1. The number of nitrogens with one attached hydrogen (secondary N) is 3. The largest absolute Gasteiger partial charge is 0.506 e. The number of anilines is 1. The molecule has 0 fully saturated rings. The molecule has 0 saturated heterocycles. The maximum Gasteiger partial charge on any atom is 0.419 e. The Labute approximate surface area is 314 Å². The summed E-state index contributed by atoms with van der Waals surface area (Å²) in [4.78, 5) is 39.1. The molecule has 0 spiro atoms. The zero-order valence-electron chi connectivity index (χ0n) is 31.1. The molecule has 12 heteroatoms. The van der Waals surface area contributed by atoms with E-state index in [0.29, 0.717) is 48.4 Å². The van der Waals surface area contributed by atoms with Crippen LogP contribution in [0.25, 0.3) is 39.2 Å². The summed E-state index contributed by atoms with van der Waals surface area (Å²) in [5.41, 5.74) is 6.16. The molecule has 6 aromatic rings. The summed E-state index contributed by atoms with van der Waals surface area (Å²) in [5, 5.41) is 26.5. The van der Waals surface area contributed by atoms with E-state index < -0.39 is 20.2 Å². The zero-order valence-corrected chi connectivity index (χ0v) is 32.1. The van der Waals surface area contributed by atoms with Crippen molar-refractivity contribution in [3.63, 3.8) is 0 Å². The third-order valence-corrected chi connectivity index (χ3v) is 14.6. The number of aromatic nitrogens is 2. The predicted octanol–water partition coefficient (Wildman–Crippen LogP) is 8.85. The van der Waals surface area contributed by atoms with Crippen molar-refractivity contribution in [1.29, 1.82) is 0 Å². The van der Waals surface area contributed by atoms with Crippen molar-refractivity contribution >= 4 is 48.2 Å². The summed E-state index contributed by atoms with van der Waals surface area (Å²) in [6, 6.07) is 27.5. The smallest absolute Gasteiger partial charge is 0.419 e. The number of amides is 1. The molecule has 0 aliphatic carbocycles. The van der Waals surface area contributed by atoms with Gasteiger partial charge in [0.1, 0.15) is 5.75 Å². The lowest BCUT2D eigenvalue weighted by atomic mass is 10.0. The summed E-state index contributed by atoms with van der Waals surface area (Å²) >= 11 is 0. The number of rotatable bonds is 13. The van der Waals surface area contributed by atoms with E-state index >= 15 is 0 Å². The molecule has 5 N–H and O–H groups in total. The number of pyridine rings is 1. The lowest BCUT2D eigenvalue weighted by Crippen LogP contribution is -2.43. The van der Waals surface area contributed by atoms with Crippen LogP contribution in [0.4, 0.5) is 10.5 Å². The van der Waals surface area contributed by atoms with Crippen molar-refractivity contribution in [3.8, 4) is 16.9 Å². The van der Waals surface area contributed by atoms with Gasteiger partial charge in [0.2, 0.25) is 5.56 Å². The fourth-order valence-electron chi connectivity index (χ4n) is 6.24. The molecule has 2 heterocycles. The first-order valence-corrected chi connectivity index (χ1v) is 20.8. The van der Waals surface area contributed by atoms with Crippen LogP contribution in [0.1, 0.15) is 50.0 Å². The van der Waals surface area contributed by atoms with Gasteiger partial charge in [-0.25, -0.2) is 9.59 Å². The van der Waals surface area contributed by atoms with E-state index in [-0.39, 0.29) is 22.5 Å². The molecule has 0 bridgehead atoms. The van der Waals surface area contributed by atoms with E-state index in [4.69, 9.17) is 8.84 Å². The molecule has 0 radical (unpaired) electrons. The molecule has 54 heavy (non-hydrogen) atoms. The van der Waals surface area contributed by atoms with Gasteiger partial charge >= 0.3 is 11.8 Å². The number of phenolic OH excluding ortho intramolecular Hbond substituents is 1. The van der Waals surface area contributed by atoms with E-state index in [1.165, 1.54) is 6.07 Å². The average molecular weight is 747 g/mol. The van der Waals surface area contributed by atoms with Crippen molar-refractivity contribution < 1.29 is 23.9 Å². The molecule has 0 unspecified atom stereocenters. The molecule has 2 aromatic heterocycles. The summed E-state index contributed by atoms with van der Waals surface area (Å²) in [6.07, 6.45) is 3.02. The van der Waals surface area contributed by atoms with Crippen LogP contribution in [0.15, 0.2) is 111 Å². The van der Waals surface area contributed by atoms with Crippen LogP contribution in [0.3, 0.4) is 0 Å². The molecule has 1 atom stereocenters. The van der Waals surface area contributed by atoms with Gasteiger partial charge in [0.15, 0.2) is 13.9 Å². The fourth-order valence-corrected chi connectivity index (χ4v) is 7.51. The third-order valence-electron chi connectivity index (χ3n) is 10.1. The fraction of sp³-hybridized carbons (Fsp3) is 0.262. The molecule has 0 saturated carbocycles. The number of aromatic amines is 1. The Morgan fingerprint density at radius 3 is 2.52 bits per heavy atom. The Morgan fingerprint density at radius 1 is 1.00 bits per heavy atom. The molecule has 0 aliphatic rings. The summed E-state index contributed by atoms with van der Waals surface area (Å²) in [6.45, 7) is 12.3. The van der Waals surface area contributed by atoms with Crippen LogP contribution in [0.2, 0.25) is 18.1 Å². The molecule has 1 amide bonds. The second kappa shape index (κ2) is 15.7. The highest BCUT2D eigenvalue weighted by molar-refractivity contribution is 6.74. The number of nitrogens with zero attached hydrogens (tertiary/aromatic N) is 1. The third kappa shape index (κ3) is 8.57. The number of hydrogen-bond donors (Lipinski definition) is 5. The van der Waals surface area contributed by atoms with Crippen LogP contribution >= 0.6 is 0 Å². The molecule has 0 aliphatic heterocycles. The van der Waals surface area contributed by atoms with Crippen molar-refractivity contribution in [2.24, 2.45) is 0 Å². The molecule has 11 nitrogen and oxygen atoms in total. The van der Waals surface area contributed by atoms with Crippen LogP contribution in [-0.4, -0.2) is 40.7 Å². The summed E-state index contributed by atoms with van der Waals surface area (Å²) in [5.74, 6) is -0.429. The van der Waals surface area contributed by atoms with Crippen LogP contribution < -0.4 is 21.9 Å². The number of H-pyrrole nitrogens is 1. The van der Waals surface area contributed by atoms with Gasteiger partial charge in [-0.3, -0.25) is 14.7 Å². The van der Waals surface area contributed by atoms with Crippen molar-refractivity contribution in [3.05, 3.63) is 135 Å². The number of oxazole rings is 1. The van der Waals surface area contributed by atoms with Crippen LogP contribution in [0, 0.1) is 0 Å². The second-order valence-electron chi connectivity index (χ2n) is 14.9. The van der Waals surface area contributed by atoms with Gasteiger partial charge in [0.05, 0.1) is 22.8 Å². The lowest BCUT2D eigenvalue weighted by Gasteiger charge is -2.39. The zero-order chi connectivity index (χ0) is 38.6. The number of fused-ring (bicyclic) bond motifs is 2. The maximum absolute atomic E-state index is 12.9. The quantitative estimate of drug-likeness (QED) is 0.0734. The minimum atomic E-state index is -2.24. The number of phenols is 1. The Balaban J connectivity index is 1.15. The van der Waals surface area contributed by atoms with Crippen molar-refractivity contribution in [2.45, 2.75) is 64.5 Å². The number of carbonyl (C=O) groups is 1. The Bertz CT molecular complexity index is 2440. The maximum atomic E-state index is 12.9. The van der Waals surface area contributed by atoms with E-state index in [1.54, 1.807) is 22.8 Å². The number of hydrogen-bond acceptors (Lipinski definition) is 7. The highest BCUT2D eigenvalue weighted by Gasteiger charge is 2.39. The highest BCUT2D eigenvalue weighted by Crippen LogP contribution is 2.41. The lowest BCUT2D eigenvalue weighted by molar-refractivity contribution is 0.181. The Morgan fingerprint density at radius 2 is 1.78 bits per heavy atom. The van der Waals surface area contributed by atoms with Gasteiger partial charge in [-0.2, -0.15) is 0 Å². The minimum absolute atomic E-state index is 0.00249. The summed E-state index contributed by atoms with van der Waals surface area (Å²) in [7, 11) is -2.24. The number of benzene rings is 4. The number of allylic oxidation sites excluding steroid dienone is 1. The number of carboxylic acid groups (broad SMARTS) is 1. The first kappa shape index (κ1) is 38.0. The van der Waals surface area contributed by atoms with E-state index in [0.717, 1.165) is 33.2 Å². The number of aryl methyl sites for hydroxylation is 1. The summed E-state index contributed by atoms with van der Waals surface area (Å²) < 4.78 is 14.2. The van der Waals surface area contributed by atoms with Crippen LogP contribution in [0.5, 0.6) is 5.75 Å². The predicted molar refractivity (Wildman–Crippen MR) is 217 cm³/mol. The van der Waals surface area contributed by atoms with Gasteiger partial charge < -0.3 is 29.4 Å². The topological polar surface area (TPSA) is 159 Å². The second-order valence-corrected chi connectivity index (χ2v) is 19.7. The number of aromatic hydroxyl groups is 1. The Kier molecular flexibility index (Phi) is 11.1. The van der Waals surface area contributed by atoms with Gasteiger partial charge in [0.25, 0.3) is 0 Å². The van der Waals surface area contributed by atoms with Crippen molar-refractivity contribution in [1.82, 2.24) is 14.9 Å². The Hall–Kier alpha value is -5.69. The van der Waals surface area contributed by atoms with E-state index in [1.807, 2.05) is 78.9 Å². The SMILES string of the molecule is CC(C)(C)[Si](C)(C)O[C@H](CNCc1ccc2c(c1)oc(=O)n2CC/C=C/c1ccc(NC(=O)O)c(-c2ccccc2)c1)c1ccc(O)c2[nH]c(=O)ccc12. The highest BCUT2D eigenvalue weighted by atomic mass is 28.4. The van der Waals surface area contributed by atoms with E-state index in [2.05, 4.69) is 49.5 Å². The first-order chi connectivity index (χ1) is 25.7. The minimum Gasteiger partial charge on any atom is -0.506 e. The van der Waals surface area contributed by atoms with Gasteiger partial charge in [-0.15, -0.1) is 0 Å². The average Bonchev–Trinajstić information content (AvgIpc) is 3.43. The van der Waals surface area contributed by atoms with Crippen molar-refractivity contribution in [2.75, 3.05) is 11.9 Å². The van der Waals surface area contributed by atoms with Gasteiger partial charge in [-0.05, 0) is 83.2 Å². The molecular formula is C42H46N4O7Si. The molecule has 6 rings (SSSR count). The van der Waals surface area contributed by atoms with Gasteiger partial charge in [-0.1, -0.05) is 81.5 Å². The first-order valence-electron chi connectivity index (χ1n) is 17.9. The van der Waals surface area contributed by atoms with E-state index in [9.17, 15) is 24.6 Å². The molecule has 4 aromatic carbocycles. The normalized spacial score (nSPS) is 12.8. The van der Waals surface area contributed by atoms with Gasteiger partial charge in [0, 0.05) is 36.7 Å².